The summed E-state index contributed by atoms with van der Waals surface area (Å²) in [5.41, 5.74) is 5.39. The minimum absolute atomic E-state index is 0.0139. The van der Waals surface area contributed by atoms with Gasteiger partial charge in [0.25, 0.3) is 0 Å². The molecule has 0 aliphatic heterocycles. The van der Waals surface area contributed by atoms with Crippen molar-refractivity contribution in [3.63, 3.8) is 0 Å². The largest absolute Gasteiger partial charge is 0.323 e. The van der Waals surface area contributed by atoms with Crippen LogP contribution in [0, 0.1) is 5.92 Å². The minimum atomic E-state index is -0.306. The Morgan fingerprint density at radius 2 is 2.00 bits per heavy atom. The summed E-state index contributed by atoms with van der Waals surface area (Å²) in [5.74, 6) is 0.250. The summed E-state index contributed by atoms with van der Waals surface area (Å²) >= 11 is 2.08. The normalized spacial score (nSPS) is 14.0. The molecule has 0 bridgehead atoms. The first kappa shape index (κ1) is 8.16. The maximum absolute atomic E-state index is 10.4. The predicted octanol–water partition coefficient (Wildman–Crippen LogP) is -0.335. The molecule has 0 rings (SSSR count). The molecule has 0 fully saturated rings. The van der Waals surface area contributed by atoms with Crippen molar-refractivity contribution in [3.8, 4) is 0 Å². The molecule has 0 amide bonds. The van der Waals surface area contributed by atoms with Crippen LogP contribution in [0.5, 0.6) is 0 Å². The number of hydrogen-bond donors (Lipinski definition) is 1. The zero-order valence-electron chi connectivity index (χ0n) is 5.22. The van der Waals surface area contributed by atoms with E-state index in [-0.39, 0.29) is 16.6 Å². The standard InChI is InChI=1S/C5H10NO.Al/c1-4(2)5(6)3-7;/h4-5H,6H2,1-2H3;/t5-;/m1./s1. The number of carbonyl (C=O) groups excluding carboxylic acids is 1. The van der Waals surface area contributed by atoms with E-state index in [9.17, 15) is 4.79 Å². The van der Waals surface area contributed by atoms with Gasteiger partial charge in [-0.2, -0.15) is 0 Å². The molecule has 3 heteroatoms. The van der Waals surface area contributed by atoms with E-state index < -0.39 is 0 Å². The van der Waals surface area contributed by atoms with Crippen LogP contribution in [0.1, 0.15) is 13.8 Å². The summed E-state index contributed by atoms with van der Waals surface area (Å²) in [6.07, 6.45) is 0. The quantitative estimate of drug-likeness (QED) is 0.516. The molecule has 1 atom stereocenters. The molecule has 0 unspecified atom stereocenters. The van der Waals surface area contributed by atoms with Gasteiger partial charge >= 0.3 is 0 Å². The van der Waals surface area contributed by atoms with E-state index in [1.54, 1.807) is 0 Å². The van der Waals surface area contributed by atoms with E-state index >= 15 is 0 Å². The summed E-state index contributed by atoms with van der Waals surface area (Å²) < 4.78 is -0.0139. The molecular formula is C5H10AlNO. The summed E-state index contributed by atoms with van der Waals surface area (Å²) in [6, 6.07) is -0.306. The molecule has 0 aliphatic carbocycles. The molecule has 0 heterocycles. The minimum Gasteiger partial charge on any atom is -0.323 e. The molecule has 44 valence electrons. The molecule has 8 heavy (non-hydrogen) atoms. The fraction of sp³-hybridized carbons (Fsp3) is 0.800. The number of hydrogen-bond acceptors (Lipinski definition) is 2. The Morgan fingerprint density at radius 3 is 2.00 bits per heavy atom. The van der Waals surface area contributed by atoms with E-state index in [0.29, 0.717) is 0 Å². The monoisotopic (exact) mass is 127 g/mol. The van der Waals surface area contributed by atoms with Crippen LogP contribution < -0.4 is 5.73 Å². The second-order valence-electron chi connectivity index (χ2n) is 2.17. The lowest BCUT2D eigenvalue weighted by molar-refractivity contribution is -0.113. The second kappa shape index (κ2) is 3.24. The Balaban J connectivity index is 3.64. The van der Waals surface area contributed by atoms with Gasteiger partial charge in [-0.3, -0.25) is 0 Å². The highest BCUT2D eigenvalue weighted by molar-refractivity contribution is 6.59. The van der Waals surface area contributed by atoms with Gasteiger partial charge in [-0.25, -0.2) is 0 Å². The highest BCUT2D eigenvalue weighted by Crippen LogP contribution is 1.96. The Morgan fingerprint density at radius 1 is 1.62 bits per heavy atom. The number of nitrogens with two attached hydrogens (primary N) is 1. The lowest BCUT2D eigenvalue weighted by Crippen LogP contribution is -2.35. The SMILES string of the molecule is CC(C)[C@H](N)[C](=O)[Al]. The van der Waals surface area contributed by atoms with E-state index in [2.05, 4.69) is 16.3 Å². The topological polar surface area (TPSA) is 43.1 Å². The highest BCUT2D eigenvalue weighted by Gasteiger charge is 2.09. The zero-order chi connectivity index (χ0) is 6.73. The van der Waals surface area contributed by atoms with Crippen LogP contribution >= 0.6 is 0 Å². The predicted molar refractivity (Wildman–Crippen MR) is 33.6 cm³/mol. The number of carbonyl (C=O) groups is 1. The average Bonchev–Trinajstić information content (AvgIpc) is 1.64. The van der Waals surface area contributed by atoms with Crippen molar-refractivity contribution in [2.24, 2.45) is 11.7 Å². The maximum atomic E-state index is 10.4. The third kappa shape index (κ3) is 2.47. The first-order valence-electron chi connectivity index (χ1n) is 2.60. The third-order valence-electron chi connectivity index (χ3n) is 1.05. The van der Waals surface area contributed by atoms with Crippen molar-refractivity contribution in [2.45, 2.75) is 19.9 Å². The van der Waals surface area contributed by atoms with Crippen LogP contribution in [0.3, 0.4) is 0 Å². The van der Waals surface area contributed by atoms with Gasteiger partial charge in [0.15, 0.2) is 0 Å². The first-order valence-corrected chi connectivity index (χ1v) is 3.18. The van der Waals surface area contributed by atoms with Gasteiger partial charge in [-0.15, -0.1) is 0 Å². The van der Waals surface area contributed by atoms with Crippen molar-refractivity contribution < 1.29 is 4.79 Å². The molecular weight excluding hydrogens is 117 g/mol. The van der Waals surface area contributed by atoms with E-state index in [0.717, 1.165) is 0 Å². The molecule has 0 saturated heterocycles. The van der Waals surface area contributed by atoms with Crippen LogP contribution in [-0.4, -0.2) is 27.0 Å². The van der Waals surface area contributed by atoms with E-state index in [1.165, 1.54) is 0 Å². The fourth-order valence-corrected chi connectivity index (χ4v) is 0.713. The molecule has 0 aliphatic rings. The second-order valence-corrected chi connectivity index (χ2v) is 2.74. The van der Waals surface area contributed by atoms with Crippen molar-refractivity contribution in [3.05, 3.63) is 0 Å². The van der Waals surface area contributed by atoms with Crippen molar-refractivity contribution in [1.29, 1.82) is 0 Å². The summed E-state index contributed by atoms with van der Waals surface area (Å²) in [5, 5.41) is 0. The van der Waals surface area contributed by atoms with Crippen molar-refractivity contribution >= 4 is 20.9 Å². The van der Waals surface area contributed by atoms with Gasteiger partial charge in [0.05, 0.1) is 0 Å². The molecule has 0 aromatic rings. The smallest absolute Gasteiger partial charge is 0.244 e. The Bertz CT molecular complexity index is 92.4. The van der Waals surface area contributed by atoms with Crippen molar-refractivity contribution in [1.82, 2.24) is 0 Å². The number of rotatable bonds is 2. The van der Waals surface area contributed by atoms with Crippen LogP contribution in [0.4, 0.5) is 0 Å². The van der Waals surface area contributed by atoms with Gasteiger partial charge < -0.3 is 10.5 Å². The van der Waals surface area contributed by atoms with E-state index in [1.807, 2.05) is 13.8 Å². The van der Waals surface area contributed by atoms with Crippen LogP contribution in [0.2, 0.25) is 0 Å². The van der Waals surface area contributed by atoms with Crippen molar-refractivity contribution in [2.75, 3.05) is 0 Å². The zero-order valence-corrected chi connectivity index (χ0v) is 6.37. The van der Waals surface area contributed by atoms with E-state index in [4.69, 9.17) is 5.73 Å². The van der Waals surface area contributed by atoms with Gasteiger partial charge in [-0.1, -0.05) is 13.8 Å². The lowest BCUT2D eigenvalue weighted by atomic mass is 10.1. The Kier molecular flexibility index (Phi) is 3.31. The summed E-state index contributed by atoms with van der Waals surface area (Å²) in [6.45, 7) is 3.85. The van der Waals surface area contributed by atoms with Crippen LogP contribution in [-0.2, 0) is 4.79 Å². The van der Waals surface area contributed by atoms with Crippen LogP contribution in [0.25, 0.3) is 0 Å². The Hall–Kier alpha value is 0.162. The van der Waals surface area contributed by atoms with Gasteiger partial charge in [-0.05, 0) is 5.92 Å². The first-order chi connectivity index (χ1) is 3.55. The third-order valence-corrected chi connectivity index (χ3v) is 1.43. The van der Waals surface area contributed by atoms with Crippen LogP contribution in [0.15, 0.2) is 0 Å². The molecule has 0 saturated carbocycles. The van der Waals surface area contributed by atoms with Gasteiger partial charge in [0.2, 0.25) is 16.3 Å². The summed E-state index contributed by atoms with van der Waals surface area (Å²) in [7, 11) is 0. The Labute approximate surface area is 57.9 Å². The fourth-order valence-electron chi connectivity index (χ4n) is 0.329. The maximum Gasteiger partial charge on any atom is 0.244 e. The molecule has 2 radical (unpaired) electrons. The summed E-state index contributed by atoms with van der Waals surface area (Å²) in [4.78, 5) is 10.4. The van der Waals surface area contributed by atoms with Gasteiger partial charge in [0, 0.05) is 10.7 Å². The average molecular weight is 127 g/mol. The molecule has 0 spiro atoms. The molecule has 2 nitrogen and oxygen atoms in total. The molecule has 2 N–H and O–H groups in total. The molecule has 0 aromatic heterocycles. The van der Waals surface area contributed by atoms with Gasteiger partial charge in [0.1, 0.15) is 0 Å². The highest BCUT2D eigenvalue weighted by atomic mass is 27.0. The molecule has 0 aromatic carbocycles. The lowest BCUT2D eigenvalue weighted by Gasteiger charge is -2.11.